The van der Waals surface area contributed by atoms with Crippen molar-refractivity contribution in [2.24, 2.45) is 0 Å². The minimum atomic E-state index is 0.155. The lowest BCUT2D eigenvalue weighted by molar-refractivity contribution is 0.248. The number of hydrogen-bond acceptors (Lipinski definition) is 4. The van der Waals surface area contributed by atoms with E-state index in [1.165, 1.54) is 54.9 Å². The van der Waals surface area contributed by atoms with Crippen molar-refractivity contribution in [1.82, 2.24) is 4.90 Å². The van der Waals surface area contributed by atoms with Crippen LogP contribution >= 0.6 is 11.8 Å². The molecule has 32 heavy (non-hydrogen) atoms. The van der Waals surface area contributed by atoms with Crippen molar-refractivity contribution in [3.8, 4) is 11.5 Å². The molecule has 1 fully saturated rings. The highest BCUT2D eigenvalue weighted by atomic mass is 32.2. The van der Waals surface area contributed by atoms with Gasteiger partial charge >= 0.3 is 0 Å². The van der Waals surface area contributed by atoms with Crippen LogP contribution in [0.1, 0.15) is 47.8 Å². The highest BCUT2D eigenvalue weighted by molar-refractivity contribution is 7.99. The average Bonchev–Trinajstić information content (AvgIpc) is 3.36. The molecule has 0 saturated carbocycles. The van der Waals surface area contributed by atoms with Crippen molar-refractivity contribution >= 4 is 11.8 Å². The van der Waals surface area contributed by atoms with Crippen molar-refractivity contribution in [1.29, 1.82) is 0 Å². The minimum absolute atomic E-state index is 0.155. The normalized spacial score (nSPS) is 20.6. The van der Waals surface area contributed by atoms with Gasteiger partial charge in [-0.25, -0.2) is 0 Å². The molecule has 3 aromatic carbocycles. The third kappa shape index (κ3) is 4.82. The van der Waals surface area contributed by atoms with Crippen LogP contribution in [-0.4, -0.2) is 42.0 Å². The van der Waals surface area contributed by atoms with Crippen LogP contribution in [0.2, 0.25) is 0 Å². The molecule has 0 amide bonds. The summed E-state index contributed by atoms with van der Waals surface area (Å²) in [5.74, 6) is 2.69. The van der Waals surface area contributed by atoms with Crippen LogP contribution in [0.5, 0.6) is 11.5 Å². The molecule has 4 heteroatoms. The molecule has 1 N–H and O–H groups in total. The Hall–Kier alpha value is -2.43. The lowest BCUT2D eigenvalue weighted by atomic mass is 9.76. The van der Waals surface area contributed by atoms with Crippen molar-refractivity contribution in [2.45, 2.75) is 36.0 Å². The molecular formula is C28H31NO2S. The first kappa shape index (κ1) is 21.4. The lowest BCUT2D eigenvalue weighted by Crippen LogP contribution is -2.25. The smallest absolute Gasteiger partial charge is 0.123 e. The van der Waals surface area contributed by atoms with E-state index in [0.29, 0.717) is 6.61 Å². The lowest BCUT2D eigenvalue weighted by Gasteiger charge is -2.34. The molecule has 0 aromatic heterocycles. The summed E-state index contributed by atoms with van der Waals surface area (Å²) in [5.41, 5.74) is 3.61. The van der Waals surface area contributed by atoms with Crippen molar-refractivity contribution < 1.29 is 9.84 Å². The Morgan fingerprint density at radius 2 is 1.69 bits per heavy atom. The zero-order valence-electron chi connectivity index (χ0n) is 18.5. The monoisotopic (exact) mass is 445 g/mol. The van der Waals surface area contributed by atoms with Gasteiger partial charge in [-0.05, 0) is 86.1 Å². The van der Waals surface area contributed by atoms with Crippen molar-refractivity contribution in [3.05, 3.63) is 89.5 Å². The second-order valence-corrected chi connectivity index (χ2v) is 10.0. The number of thioether (sulfide) groups is 1. The third-order valence-corrected chi connectivity index (χ3v) is 7.80. The number of nitrogens with zero attached hydrogens (tertiary/aromatic N) is 1. The highest BCUT2D eigenvalue weighted by Gasteiger charge is 2.33. The van der Waals surface area contributed by atoms with Crippen LogP contribution in [-0.2, 0) is 0 Å². The summed E-state index contributed by atoms with van der Waals surface area (Å²) < 4.78 is 6.11. The summed E-state index contributed by atoms with van der Waals surface area (Å²) in [6.07, 6.45) is 3.98. The molecule has 2 atom stereocenters. The Morgan fingerprint density at radius 3 is 2.47 bits per heavy atom. The summed E-state index contributed by atoms with van der Waals surface area (Å²) in [6.45, 7) is 4.43. The molecule has 2 heterocycles. The Balaban J connectivity index is 1.34. The summed E-state index contributed by atoms with van der Waals surface area (Å²) in [5, 5.41) is 10.2. The van der Waals surface area contributed by atoms with Crippen molar-refractivity contribution in [3.63, 3.8) is 0 Å². The number of likely N-dealkylation sites (tertiary alicyclic amines) is 1. The Bertz CT molecular complexity index is 1020. The zero-order chi connectivity index (χ0) is 21.8. The van der Waals surface area contributed by atoms with Gasteiger partial charge in [-0.3, -0.25) is 0 Å². The molecule has 166 valence electrons. The molecule has 1 saturated heterocycles. The third-order valence-electron chi connectivity index (χ3n) is 6.70. The first-order valence-electron chi connectivity index (χ1n) is 11.7. The van der Waals surface area contributed by atoms with E-state index in [1.54, 1.807) is 6.07 Å². The maximum atomic E-state index is 10.2. The molecule has 3 aromatic rings. The van der Waals surface area contributed by atoms with Gasteiger partial charge in [0.2, 0.25) is 0 Å². The predicted octanol–water partition coefficient (Wildman–Crippen LogP) is 6.28. The maximum Gasteiger partial charge on any atom is 0.123 e. The topological polar surface area (TPSA) is 32.7 Å². The Morgan fingerprint density at radius 1 is 0.906 bits per heavy atom. The number of hydrogen-bond donors (Lipinski definition) is 1. The van der Waals surface area contributed by atoms with E-state index in [2.05, 4.69) is 59.5 Å². The standard InChI is InChI=1S/C28H31NO2S/c30-23-11-14-27-25(19-23)28(26(20-31-27)21-7-2-1-3-8-21)22-9-12-24(13-10-22)32-18-6-17-29-15-4-5-16-29/h1-3,7-14,19,26,28,30H,4-6,15-18,20H2. The number of phenolic OH excluding ortho intramolecular Hbond substituents is 1. The molecule has 2 unspecified atom stereocenters. The van der Waals surface area contributed by atoms with E-state index in [-0.39, 0.29) is 17.6 Å². The molecule has 2 aliphatic rings. The van der Waals surface area contributed by atoms with Crippen LogP contribution in [0, 0.1) is 0 Å². The first-order chi connectivity index (χ1) is 15.8. The van der Waals surface area contributed by atoms with E-state index in [4.69, 9.17) is 4.74 Å². The fraction of sp³-hybridized carbons (Fsp3) is 0.357. The molecule has 0 radical (unpaired) electrons. The Kier molecular flexibility index (Phi) is 6.70. The van der Waals surface area contributed by atoms with Gasteiger partial charge in [-0.1, -0.05) is 42.5 Å². The van der Waals surface area contributed by atoms with E-state index in [9.17, 15) is 5.11 Å². The highest BCUT2D eigenvalue weighted by Crippen LogP contribution is 2.47. The molecule has 2 aliphatic heterocycles. The molecule has 0 spiro atoms. The van der Waals surface area contributed by atoms with Crippen LogP contribution < -0.4 is 4.74 Å². The SMILES string of the molecule is Oc1ccc2c(c1)C(c1ccc(SCCCN3CCCC3)cc1)C(c1ccccc1)CO2. The van der Waals surface area contributed by atoms with Gasteiger partial charge in [0.15, 0.2) is 0 Å². The first-order valence-corrected chi connectivity index (χ1v) is 12.7. The summed E-state index contributed by atoms with van der Waals surface area (Å²) in [6, 6.07) is 25.1. The van der Waals surface area contributed by atoms with E-state index in [0.717, 1.165) is 17.1 Å². The number of ether oxygens (including phenoxy) is 1. The van der Waals surface area contributed by atoms with Gasteiger partial charge in [0, 0.05) is 22.3 Å². The Labute approximate surface area is 195 Å². The van der Waals surface area contributed by atoms with Crippen LogP contribution in [0.25, 0.3) is 0 Å². The molecule has 3 nitrogen and oxygen atoms in total. The number of phenols is 1. The summed E-state index contributed by atoms with van der Waals surface area (Å²) in [7, 11) is 0. The van der Waals surface area contributed by atoms with Gasteiger partial charge in [-0.2, -0.15) is 0 Å². The summed E-state index contributed by atoms with van der Waals surface area (Å²) >= 11 is 1.95. The quantitative estimate of drug-likeness (QED) is 0.343. The minimum Gasteiger partial charge on any atom is -0.508 e. The second-order valence-electron chi connectivity index (χ2n) is 8.85. The molecule has 5 rings (SSSR count). The molecule has 0 aliphatic carbocycles. The molecular weight excluding hydrogens is 414 g/mol. The summed E-state index contributed by atoms with van der Waals surface area (Å²) in [4.78, 5) is 3.92. The largest absolute Gasteiger partial charge is 0.508 e. The van der Waals surface area contributed by atoms with Crippen LogP contribution in [0.3, 0.4) is 0 Å². The van der Waals surface area contributed by atoms with E-state index >= 15 is 0 Å². The van der Waals surface area contributed by atoms with Gasteiger partial charge < -0.3 is 14.7 Å². The van der Waals surface area contributed by atoms with Crippen LogP contribution in [0.15, 0.2) is 77.7 Å². The van der Waals surface area contributed by atoms with Gasteiger partial charge in [0.25, 0.3) is 0 Å². The van der Waals surface area contributed by atoms with Crippen LogP contribution in [0.4, 0.5) is 0 Å². The predicted molar refractivity (Wildman–Crippen MR) is 132 cm³/mol. The van der Waals surface area contributed by atoms with E-state index < -0.39 is 0 Å². The number of benzene rings is 3. The fourth-order valence-corrected chi connectivity index (χ4v) is 5.90. The van der Waals surface area contributed by atoms with E-state index in [1.807, 2.05) is 23.9 Å². The van der Waals surface area contributed by atoms with Gasteiger partial charge in [0.05, 0.1) is 6.61 Å². The van der Waals surface area contributed by atoms with Gasteiger partial charge in [0.1, 0.15) is 11.5 Å². The van der Waals surface area contributed by atoms with Crippen molar-refractivity contribution in [2.75, 3.05) is 32.0 Å². The second kappa shape index (κ2) is 10.0. The fourth-order valence-electron chi connectivity index (χ4n) is 5.06. The molecule has 0 bridgehead atoms. The maximum absolute atomic E-state index is 10.2. The number of aromatic hydroxyl groups is 1. The number of rotatable bonds is 7. The number of fused-ring (bicyclic) bond motifs is 1. The average molecular weight is 446 g/mol. The zero-order valence-corrected chi connectivity index (χ0v) is 19.3. The van der Waals surface area contributed by atoms with Gasteiger partial charge in [-0.15, -0.1) is 11.8 Å².